The first-order valence-electron chi connectivity index (χ1n) is 14.3. The van der Waals surface area contributed by atoms with Gasteiger partial charge in [0, 0.05) is 10.9 Å². The summed E-state index contributed by atoms with van der Waals surface area (Å²) in [5.74, 6) is -0.404. The Morgan fingerprint density at radius 1 is 0.683 bits per heavy atom. The van der Waals surface area contributed by atoms with Crippen molar-refractivity contribution >= 4 is 22.7 Å². The maximum Gasteiger partial charge on any atom is 0.252 e. The highest BCUT2D eigenvalue weighted by Crippen LogP contribution is 2.32. The fourth-order valence-corrected chi connectivity index (χ4v) is 5.89. The number of hydrogen-bond acceptors (Lipinski definition) is 3. The molecule has 1 aliphatic carbocycles. The number of nitrogens with zero attached hydrogens (tertiary/aromatic N) is 1. The maximum atomic E-state index is 14.3. The fraction of sp³-hybridized carbons (Fsp3) is 0.194. The van der Waals surface area contributed by atoms with Crippen LogP contribution in [0.25, 0.3) is 22.2 Å². The number of carbonyl (C=O) groups excluding carboxylic acids is 2. The van der Waals surface area contributed by atoms with E-state index in [1.54, 1.807) is 0 Å². The molecule has 2 amide bonds. The zero-order chi connectivity index (χ0) is 28.1. The molecule has 1 heterocycles. The van der Waals surface area contributed by atoms with Crippen LogP contribution in [0.4, 0.5) is 0 Å². The van der Waals surface area contributed by atoms with E-state index in [0.29, 0.717) is 18.4 Å². The van der Waals surface area contributed by atoms with Gasteiger partial charge in [-0.25, -0.2) is 4.98 Å². The van der Waals surface area contributed by atoms with Crippen molar-refractivity contribution in [2.24, 2.45) is 0 Å². The third kappa shape index (κ3) is 5.62. The molecule has 0 atom stereocenters. The predicted octanol–water partition coefficient (Wildman–Crippen LogP) is 7.24. The first kappa shape index (κ1) is 26.5. The molecule has 1 aromatic heterocycles. The Hall–Kier alpha value is -4.77. The van der Waals surface area contributed by atoms with Crippen LogP contribution < -0.4 is 10.6 Å². The fourth-order valence-electron chi connectivity index (χ4n) is 5.89. The molecule has 204 valence electrons. The van der Waals surface area contributed by atoms with E-state index in [4.69, 9.17) is 4.98 Å². The van der Waals surface area contributed by atoms with Gasteiger partial charge in [-0.3, -0.25) is 9.59 Å². The van der Waals surface area contributed by atoms with Crippen LogP contribution in [0, 0.1) is 0 Å². The van der Waals surface area contributed by atoms with Crippen LogP contribution in [-0.2, 0) is 4.79 Å². The summed E-state index contributed by atoms with van der Waals surface area (Å²) in [7, 11) is 0. The van der Waals surface area contributed by atoms with E-state index in [9.17, 15) is 9.59 Å². The Morgan fingerprint density at radius 2 is 1.24 bits per heavy atom. The van der Waals surface area contributed by atoms with Gasteiger partial charge in [0.05, 0.1) is 22.8 Å². The van der Waals surface area contributed by atoms with Gasteiger partial charge in [-0.15, -0.1) is 0 Å². The summed E-state index contributed by atoms with van der Waals surface area (Å²) in [4.78, 5) is 33.2. The number of benzene rings is 4. The molecule has 6 rings (SSSR count). The average molecular weight is 540 g/mol. The minimum Gasteiger partial charge on any atom is -0.343 e. The van der Waals surface area contributed by atoms with Gasteiger partial charge in [0.1, 0.15) is 5.54 Å². The maximum absolute atomic E-state index is 14.3. The van der Waals surface area contributed by atoms with Gasteiger partial charge in [-0.05, 0) is 36.1 Å². The van der Waals surface area contributed by atoms with Crippen molar-refractivity contribution in [3.63, 3.8) is 0 Å². The number of rotatable bonds is 7. The number of nitrogens with one attached hydrogen (secondary N) is 2. The zero-order valence-corrected chi connectivity index (χ0v) is 22.9. The Kier molecular flexibility index (Phi) is 7.59. The Bertz CT molecular complexity index is 1610. The van der Waals surface area contributed by atoms with Gasteiger partial charge in [0.15, 0.2) is 0 Å². The van der Waals surface area contributed by atoms with Crippen LogP contribution in [0.2, 0.25) is 0 Å². The predicted molar refractivity (Wildman–Crippen MR) is 163 cm³/mol. The molecular formula is C36H33N3O2. The monoisotopic (exact) mass is 539 g/mol. The number of carbonyl (C=O) groups is 2. The molecule has 1 aliphatic rings. The molecular weight excluding hydrogens is 506 g/mol. The summed E-state index contributed by atoms with van der Waals surface area (Å²) in [5.41, 5.74) is 3.92. The molecule has 41 heavy (non-hydrogen) atoms. The minimum absolute atomic E-state index is 0.148. The Labute approximate surface area is 240 Å². The van der Waals surface area contributed by atoms with Crippen LogP contribution in [0.1, 0.15) is 59.6 Å². The van der Waals surface area contributed by atoms with Crippen molar-refractivity contribution in [1.29, 1.82) is 0 Å². The van der Waals surface area contributed by atoms with Gasteiger partial charge in [0.25, 0.3) is 5.91 Å². The van der Waals surface area contributed by atoms with Gasteiger partial charge in [-0.2, -0.15) is 0 Å². The van der Waals surface area contributed by atoms with Crippen LogP contribution in [0.5, 0.6) is 0 Å². The number of amides is 2. The lowest BCUT2D eigenvalue weighted by atomic mass is 9.80. The molecule has 1 saturated carbocycles. The smallest absolute Gasteiger partial charge is 0.252 e. The van der Waals surface area contributed by atoms with Crippen molar-refractivity contribution in [3.05, 3.63) is 138 Å². The molecule has 4 aromatic carbocycles. The third-order valence-corrected chi connectivity index (χ3v) is 8.07. The number of pyridine rings is 1. The van der Waals surface area contributed by atoms with Crippen LogP contribution in [0.3, 0.4) is 0 Å². The van der Waals surface area contributed by atoms with Crippen molar-refractivity contribution in [3.8, 4) is 11.3 Å². The number of hydrogen-bond donors (Lipinski definition) is 2. The van der Waals surface area contributed by atoms with Crippen molar-refractivity contribution in [2.45, 2.75) is 43.7 Å². The average Bonchev–Trinajstić information content (AvgIpc) is 3.04. The molecule has 0 bridgehead atoms. The normalized spacial score (nSPS) is 14.5. The molecule has 5 heteroatoms. The molecule has 0 saturated heterocycles. The second-order valence-electron chi connectivity index (χ2n) is 10.8. The number of fused-ring (bicyclic) bond motifs is 1. The van der Waals surface area contributed by atoms with Gasteiger partial charge in [-0.1, -0.05) is 128 Å². The SMILES string of the molecule is O=C(NC1(C(=O)NC(c2ccccc2)c2ccccc2)CCCCC1)c1cc(-c2ccccc2)nc2ccccc12. The summed E-state index contributed by atoms with van der Waals surface area (Å²) in [6.07, 6.45) is 3.98. The second-order valence-corrected chi connectivity index (χ2v) is 10.8. The molecule has 5 nitrogen and oxygen atoms in total. The highest BCUT2D eigenvalue weighted by atomic mass is 16.2. The second kappa shape index (κ2) is 11.8. The summed E-state index contributed by atoms with van der Waals surface area (Å²) in [6.45, 7) is 0. The van der Waals surface area contributed by atoms with Crippen LogP contribution >= 0.6 is 0 Å². The Morgan fingerprint density at radius 3 is 1.88 bits per heavy atom. The number of para-hydroxylation sites is 1. The van der Waals surface area contributed by atoms with E-state index in [0.717, 1.165) is 52.5 Å². The summed E-state index contributed by atoms with van der Waals surface area (Å²) < 4.78 is 0. The zero-order valence-electron chi connectivity index (χ0n) is 22.9. The largest absolute Gasteiger partial charge is 0.343 e. The van der Waals surface area contributed by atoms with Crippen molar-refractivity contribution in [1.82, 2.24) is 15.6 Å². The standard InChI is InChI=1S/C36H33N3O2/c40-34(30-25-32(26-15-5-1-6-16-26)37-31-22-12-11-21-29(30)31)39-36(23-13-4-14-24-36)35(41)38-33(27-17-7-2-8-18-27)28-19-9-3-10-20-28/h1-3,5-12,15-22,25,33H,4,13-14,23-24H2,(H,38,41)(H,39,40). The molecule has 0 radical (unpaired) electrons. The van der Waals surface area contributed by atoms with E-state index in [1.807, 2.05) is 121 Å². The quantitative estimate of drug-likeness (QED) is 0.229. The highest BCUT2D eigenvalue weighted by molar-refractivity contribution is 6.09. The molecule has 0 spiro atoms. The lowest BCUT2D eigenvalue weighted by molar-refractivity contribution is -0.129. The highest BCUT2D eigenvalue weighted by Gasteiger charge is 2.42. The first-order chi connectivity index (χ1) is 20.1. The molecule has 0 unspecified atom stereocenters. The van der Waals surface area contributed by atoms with Crippen LogP contribution in [-0.4, -0.2) is 22.3 Å². The molecule has 1 fully saturated rings. The van der Waals surface area contributed by atoms with Crippen LogP contribution in [0.15, 0.2) is 121 Å². The van der Waals surface area contributed by atoms with E-state index in [2.05, 4.69) is 10.6 Å². The van der Waals surface area contributed by atoms with Gasteiger partial charge >= 0.3 is 0 Å². The van der Waals surface area contributed by atoms with E-state index in [-0.39, 0.29) is 17.9 Å². The Balaban J connectivity index is 1.35. The van der Waals surface area contributed by atoms with Gasteiger partial charge in [0.2, 0.25) is 5.91 Å². The van der Waals surface area contributed by atoms with Crippen molar-refractivity contribution in [2.75, 3.05) is 0 Å². The lowest BCUT2D eigenvalue weighted by Crippen LogP contribution is -2.60. The van der Waals surface area contributed by atoms with E-state index < -0.39 is 5.54 Å². The molecule has 2 N–H and O–H groups in total. The minimum atomic E-state index is -1.01. The van der Waals surface area contributed by atoms with E-state index in [1.165, 1.54) is 0 Å². The summed E-state index contributed by atoms with van der Waals surface area (Å²) in [6, 6.07) is 39.0. The first-order valence-corrected chi connectivity index (χ1v) is 14.3. The topological polar surface area (TPSA) is 71.1 Å². The molecule has 0 aliphatic heterocycles. The van der Waals surface area contributed by atoms with Gasteiger partial charge < -0.3 is 10.6 Å². The molecule has 5 aromatic rings. The lowest BCUT2D eigenvalue weighted by Gasteiger charge is -2.38. The van der Waals surface area contributed by atoms with Crippen molar-refractivity contribution < 1.29 is 9.59 Å². The summed E-state index contributed by atoms with van der Waals surface area (Å²) >= 11 is 0. The van der Waals surface area contributed by atoms with E-state index >= 15 is 0 Å². The summed E-state index contributed by atoms with van der Waals surface area (Å²) in [5, 5.41) is 7.34. The number of aromatic nitrogens is 1. The third-order valence-electron chi connectivity index (χ3n) is 8.07.